The van der Waals surface area contributed by atoms with Crippen molar-refractivity contribution in [2.75, 3.05) is 22.1 Å². The molecule has 0 bridgehead atoms. The minimum atomic E-state index is -3.00. The third-order valence-corrected chi connectivity index (χ3v) is 6.60. The minimum Gasteiger partial charge on any atom is -0.399 e. The quantitative estimate of drug-likeness (QED) is 0.629. The number of hydrogen-bond acceptors (Lipinski definition) is 4. The third kappa shape index (κ3) is 2.63. The first-order chi connectivity index (χ1) is 11.4. The molecule has 5 nitrogen and oxygen atoms in total. The van der Waals surface area contributed by atoms with Crippen molar-refractivity contribution < 1.29 is 8.42 Å². The van der Waals surface area contributed by atoms with E-state index in [2.05, 4.69) is 5.32 Å². The molecular formula is C17H17N3O2S2. The van der Waals surface area contributed by atoms with Gasteiger partial charge in [0.05, 0.1) is 23.6 Å². The second-order valence-corrected chi connectivity index (χ2v) is 8.78. The number of fused-ring (bicyclic) bond motifs is 1. The second-order valence-electron chi connectivity index (χ2n) is 6.24. The van der Waals surface area contributed by atoms with Gasteiger partial charge in [-0.05, 0) is 47.6 Å². The molecule has 2 aliphatic rings. The van der Waals surface area contributed by atoms with Crippen LogP contribution in [0.15, 0.2) is 48.5 Å². The minimum absolute atomic E-state index is 0.112. The molecule has 0 amide bonds. The first-order valence-corrected chi connectivity index (χ1v) is 9.92. The van der Waals surface area contributed by atoms with Crippen molar-refractivity contribution >= 4 is 38.5 Å². The average molecular weight is 359 g/mol. The van der Waals surface area contributed by atoms with Gasteiger partial charge in [-0.15, -0.1) is 0 Å². The van der Waals surface area contributed by atoms with Gasteiger partial charge in [-0.25, -0.2) is 8.42 Å². The van der Waals surface area contributed by atoms with Gasteiger partial charge in [0.25, 0.3) is 0 Å². The fourth-order valence-electron chi connectivity index (χ4n) is 3.40. The SMILES string of the molecule is Nc1ccc(-c2ccc(N3C(=S)N[C@@H]4CS(=O)(=O)C[C@H]43)cc2)cc1. The van der Waals surface area contributed by atoms with Crippen molar-refractivity contribution in [1.29, 1.82) is 0 Å². The van der Waals surface area contributed by atoms with Gasteiger partial charge in [0.1, 0.15) is 0 Å². The van der Waals surface area contributed by atoms with Crippen molar-refractivity contribution in [3.63, 3.8) is 0 Å². The lowest BCUT2D eigenvalue weighted by atomic mass is 10.0. The largest absolute Gasteiger partial charge is 0.399 e. The van der Waals surface area contributed by atoms with Gasteiger partial charge in [-0.2, -0.15) is 0 Å². The highest BCUT2D eigenvalue weighted by atomic mass is 32.2. The Bertz CT molecular complexity index is 892. The number of nitrogens with one attached hydrogen (secondary N) is 1. The lowest BCUT2D eigenvalue weighted by Crippen LogP contribution is -2.36. The molecule has 2 aromatic carbocycles. The summed E-state index contributed by atoms with van der Waals surface area (Å²) in [6.07, 6.45) is 0. The lowest BCUT2D eigenvalue weighted by Gasteiger charge is -2.23. The van der Waals surface area contributed by atoms with Gasteiger partial charge in [0, 0.05) is 11.4 Å². The highest BCUT2D eigenvalue weighted by Gasteiger charge is 2.47. The monoisotopic (exact) mass is 359 g/mol. The van der Waals surface area contributed by atoms with Gasteiger partial charge >= 0.3 is 0 Å². The molecule has 0 aliphatic carbocycles. The highest BCUT2D eigenvalue weighted by Crippen LogP contribution is 2.31. The molecule has 24 heavy (non-hydrogen) atoms. The van der Waals surface area contributed by atoms with Crippen molar-refractivity contribution in [2.45, 2.75) is 12.1 Å². The zero-order valence-electron chi connectivity index (χ0n) is 12.8. The maximum Gasteiger partial charge on any atom is 0.174 e. The number of thiocarbonyl (C=S) groups is 1. The Morgan fingerprint density at radius 1 is 1.00 bits per heavy atom. The maximum absolute atomic E-state index is 11.9. The summed E-state index contributed by atoms with van der Waals surface area (Å²) in [7, 11) is -3.00. The Balaban J connectivity index is 1.63. The fraction of sp³-hybridized carbons (Fsp3) is 0.235. The molecule has 7 heteroatoms. The molecule has 0 saturated carbocycles. The lowest BCUT2D eigenvalue weighted by molar-refractivity contribution is 0.600. The zero-order chi connectivity index (χ0) is 16.9. The summed E-state index contributed by atoms with van der Waals surface area (Å²) in [6.45, 7) is 0. The number of sulfone groups is 1. The summed E-state index contributed by atoms with van der Waals surface area (Å²) in [6, 6.07) is 15.5. The Morgan fingerprint density at radius 2 is 1.58 bits per heavy atom. The molecule has 2 saturated heterocycles. The number of anilines is 2. The molecule has 2 fully saturated rings. The first-order valence-electron chi connectivity index (χ1n) is 7.69. The Hall–Kier alpha value is -2.12. The van der Waals surface area contributed by atoms with Crippen LogP contribution in [0, 0.1) is 0 Å². The molecule has 3 N–H and O–H groups in total. The summed E-state index contributed by atoms with van der Waals surface area (Å²) in [5.74, 6) is 0.294. The number of nitrogens with two attached hydrogens (primary N) is 1. The van der Waals surface area contributed by atoms with Crippen molar-refractivity contribution in [2.24, 2.45) is 0 Å². The standard InChI is InChI=1S/C17H17N3O2S2/c18-13-5-1-11(2-6-13)12-3-7-14(8-4-12)20-16-10-24(21,22)9-15(16)19-17(20)23/h1-8,15-16H,9-10,18H2,(H,19,23)/t15-,16-/m1/s1. The van der Waals surface area contributed by atoms with Crippen LogP contribution in [0.3, 0.4) is 0 Å². The van der Waals surface area contributed by atoms with Crippen LogP contribution in [0.4, 0.5) is 11.4 Å². The van der Waals surface area contributed by atoms with E-state index in [-0.39, 0.29) is 23.6 Å². The fourth-order valence-corrected chi connectivity index (χ4v) is 5.68. The van der Waals surface area contributed by atoms with Gasteiger partial charge in [-0.3, -0.25) is 0 Å². The van der Waals surface area contributed by atoms with Crippen LogP contribution < -0.4 is 16.0 Å². The Morgan fingerprint density at radius 3 is 2.21 bits per heavy atom. The van der Waals surface area contributed by atoms with E-state index >= 15 is 0 Å². The van der Waals surface area contributed by atoms with Gasteiger partial charge < -0.3 is 16.0 Å². The zero-order valence-corrected chi connectivity index (χ0v) is 14.5. The summed E-state index contributed by atoms with van der Waals surface area (Å²) < 4.78 is 23.7. The molecule has 2 heterocycles. The number of nitrogens with zero attached hydrogens (tertiary/aromatic N) is 1. The predicted octanol–water partition coefficient (Wildman–Crippen LogP) is 1.80. The van der Waals surface area contributed by atoms with Crippen LogP contribution in [0.5, 0.6) is 0 Å². The average Bonchev–Trinajstić information content (AvgIpc) is 2.98. The van der Waals surface area contributed by atoms with E-state index in [4.69, 9.17) is 18.0 Å². The topological polar surface area (TPSA) is 75.4 Å². The van der Waals surface area contributed by atoms with Crippen LogP contribution in [0.1, 0.15) is 0 Å². The Labute approximate surface area is 146 Å². The van der Waals surface area contributed by atoms with Crippen LogP contribution in [0.2, 0.25) is 0 Å². The molecule has 2 atom stereocenters. The molecule has 2 aliphatic heterocycles. The van der Waals surface area contributed by atoms with E-state index in [0.717, 1.165) is 22.5 Å². The molecule has 0 aromatic heterocycles. The van der Waals surface area contributed by atoms with Gasteiger partial charge in [-0.1, -0.05) is 24.3 Å². The van der Waals surface area contributed by atoms with Crippen LogP contribution in [-0.4, -0.2) is 37.1 Å². The van der Waals surface area contributed by atoms with Crippen LogP contribution in [0.25, 0.3) is 11.1 Å². The van der Waals surface area contributed by atoms with Crippen LogP contribution in [-0.2, 0) is 9.84 Å². The maximum atomic E-state index is 11.9. The number of hydrogen-bond donors (Lipinski definition) is 2. The summed E-state index contributed by atoms with van der Waals surface area (Å²) in [4.78, 5) is 1.93. The number of nitrogen functional groups attached to an aromatic ring is 1. The molecule has 4 rings (SSSR count). The first kappa shape index (κ1) is 15.4. The summed E-state index contributed by atoms with van der Waals surface area (Å²) in [5.41, 5.74) is 9.53. The van der Waals surface area contributed by atoms with Gasteiger partial charge in [0.2, 0.25) is 0 Å². The van der Waals surface area contributed by atoms with Crippen molar-refractivity contribution in [3.8, 4) is 11.1 Å². The van der Waals surface area contributed by atoms with E-state index in [0.29, 0.717) is 5.11 Å². The predicted molar refractivity (Wildman–Crippen MR) is 101 cm³/mol. The van der Waals surface area contributed by atoms with E-state index in [9.17, 15) is 8.42 Å². The molecule has 0 unspecified atom stereocenters. The molecule has 124 valence electrons. The highest BCUT2D eigenvalue weighted by molar-refractivity contribution is 7.91. The van der Waals surface area contributed by atoms with Crippen LogP contribution >= 0.6 is 12.2 Å². The van der Waals surface area contributed by atoms with E-state index < -0.39 is 9.84 Å². The van der Waals surface area contributed by atoms with Crippen molar-refractivity contribution in [1.82, 2.24) is 5.32 Å². The number of benzene rings is 2. The van der Waals surface area contributed by atoms with E-state index in [1.807, 2.05) is 53.4 Å². The molecular weight excluding hydrogens is 342 g/mol. The normalized spacial score (nSPS) is 24.7. The summed E-state index contributed by atoms with van der Waals surface area (Å²) >= 11 is 5.40. The molecule has 0 radical (unpaired) electrons. The van der Waals surface area contributed by atoms with Gasteiger partial charge in [0.15, 0.2) is 14.9 Å². The molecule has 2 aromatic rings. The van der Waals surface area contributed by atoms with E-state index in [1.54, 1.807) is 0 Å². The smallest absolute Gasteiger partial charge is 0.174 e. The number of rotatable bonds is 2. The summed E-state index contributed by atoms with van der Waals surface area (Å²) in [5, 5.41) is 3.73. The third-order valence-electron chi connectivity index (χ3n) is 4.57. The van der Waals surface area contributed by atoms with E-state index in [1.165, 1.54) is 0 Å². The second kappa shape index (κ2) is 5.46. The van der Waals surface area contributed by atoms with Crippen molar-refractivity contribution in [3.05, 3.63) is 48.5 Å². The molecule has 0 spiro atoms. The Kier molecular flexibility index (Phi) is 3.51.